The lowest BCUT2D eigenvalue weighted by molar-refractivity contribution is -0.384. The third kappa shape index (κ3) is 3.86. The minimum Gasteiger partial charge on any atom is -0.496 e. The maximum absolute atomic E-state index is 12.5. The largest absolute Gasteiger partial charge is 0.496 e. The lowest BCUT2D eigenvalue weighted by atomic mass is 10.1. The van der Waals surface area contributed by atoms with E-state index in [4.69, 9.17) is 13.6 Å². The van der Waals surface area contributed by atoms with Gasteiger partial charge in [0.15, 0.2) is 5.76 Å². The van der Waals surface area contributed by atoms with Gasteiger partial charge in [0.05, 0.1) is 29.9 Å². The second kappa shape index (κ2) is 8.55. The Kier molecular flexibility index (Phi) is 5.27. The van der Waals surface area contributed by atoms with Crippen molar-refractivity contribution in [3.8, 4) is 17.1 Å². The monoisotopic (exact) mass is 455 g/mol. The highest BCUT2D eigenvalue weighted by molar-refractivity contribution is 6.08. The zero-order chi connectivity index (χ0) is 23.7. The van der Waals surface area contributed by atoms with E-state index in [0.29, 0.717) is 28.4 Å². The number of hydrazone groups is 1. The van der Waals surface area contributed by atoms with Crippen molar-refractivity contribution in [2.75, 3.05) is 7.11 Å². The van der Waals surface area contributed by atoms with Gasteiger partial charge in [-0.25, -0.2) is 5.43 Å². The van der Waals surface area contributed by atoms with Crippen molar-refractivity contribution in [2.45, 2.75) is 0 Å². The van der Waals surface area contributed by atoms with Crippen LogP contribution in [0, 0.1) is 10.1 Å². The average molecular weight is 455 g/mol. The molecule has 0 aliphatic carbocycles. The molecular formula is C25H17N3O6. The fourth-order valence-electron chi connectivity index (χ4n) is 3.68. The number of nitro groups is 1. The Morgan fingerprint density at radius 2 is 1.88 bits per heavy atom. The molecule has 0 aliphatic rings. The summed E-state index contributed by atoms with van der Waals surface area (Å²) in [5.41, 5.74) is 3.50. The fraction of sp³-hybridized carbons (Fsp3) is 0.0400. The van der Waals surface area contributed by atoms with Gasteiger partial charge in [-0.05, 0) is 41.1 Å². The first kappa shape index (κ1) is 21.0. The third-order valence-electron chi connectivity index (χ3n) is 5.30. The number of nitro benzene ring substituents is 1. The van der Waals surface area contributed by atoms with Gasteiger partial charge in [-0.15, -0.1) is 0 Å². The molecule has 0 aliphatic heterocycles. The van der Waals surface area contributed by atoms with Gasteiger partial charge in [-0.1, -0.05) is 30.3 Å². The number of carbonyl (C=O) groups is 1. The number of hydrogen-bond donors (Lipinski definition) is 1. The maximum Gasteiger partial charge on any atom is 0.307 e. The Balaban J connectivity index is 1.32. The second-order valence-corrected chi connectivity index (χ2v) is 7.35. The van der Waals surface area contributed by atoms with E-state index in [9.17, 15) is 14.9 Å². The Hall–Kier alpha value is -4.92. The number of non-ortho nitro benzene ring substituents is 1. The molecule has 0 fully saturated rings. The zero-order valence-corrected chi connectivity index (χ0v) is 17.8. The smallest absolute Gasteiger partial charge is 0.307 e. The topological polar surface area (TPSA) is 120 Å². The van der Waals surface area contributed by atoms with Crippen LogP contribution in [0.15, 0.2) is 86.7 Å². The first-order valence-electron chi connectivity index (χ1n) is 10.2. The molecular weight excluding hydrogens is 438 g/mol. The van der Waals surface area contributed by atoms with E-state index in [0.717, 1.165) is 16.2 Å². The van der Waals surface area contributed by atoms with E-state index < -0.39 is 10.8 Å². The van der Waals surface area contributed by atoms with Crippen molar-refractivity contribution in [1.82, 2.24) is 5.43 Å². The molecule has 5 rings (SSSR count). The summed E-state index contributed by atoms with van der Waals surface area (Å²) in [4.78, 5) is 23.0. The van der Waals surface area contributed by atoms with Gasteiger partial charge in [-0.2, -0.15) is 5.10 Å². The highest BCUT2D eigenvalue weighted by Gasteiger charge is 2.16. The molecule has 168 valence electrons. The van der Waals surface area contributed by atoms with Crippen molar-refractivity contribution in [2.24, 2.45) is 5.10 Å². The Morgan fingerprint density at radius 1 is 1.03 bits per heavy atom. The molecule has 1 amide bonds. The summed E-state index contributed by atoms with van der Waals surface area (Å²) in [6.45, 7) is 0. The quantitative estimate of drug-likeness (QED) is 0.204. The Bertz CT molecular complexity index is 1580. The van der Waals surface area contributed by atoms with Crippen molar-refractivity contribution < 1.29 is 23.3 Å². The predicted molar refractivity (Wildman–Crippen MR) is 126 cm³/mol. The molecule has 0 bridgehead atoms. The van der Waals surface area contributed by atoms with E-state index >= 15 is 0 Å². The molecule has 9 heteroatoms. The molecule has 0 unspecified atom stereocenters. The van der Waals surface area contributed by atoms with Gasteiger partial charge in [0, 0.05) is 11.5 Å². The van der Waals surface area contributed by atoms with Crippen LogP contribution in [-0.2, 0) is 0 Å². The summed E-state index contributed by atoms with van der Waals surface area (Å²) < 4.78 is 16.7. The van der Waals surface area contributed by atoms with Crippen LogP contribution in [0.1, 0.15) is 16.3 Å². The normalized spacial score (nSPS) is 11.3. The number of rotatable bonds is 6. The predicted octanol–water partition coefficient (Wildman–Crippen LogP) is 5.53. The molecule has 2 aromatic heterocycles. The zero-order valence-electron chi connectivity index (χ0n) is 17.8. The minimum atomic E-state index is -0.500. The van der Waals surface area contributed by atoms with Crippen LogP contribution < -0.4 is 10.2 Å². The third-order valence-corrected chi connectivity index (χ3v) is 5.30. The van der Waals surface area contributed by atoms with Crippen LogP contribution in [0.25, 0.3) is 33.1 Å². The summed E-state index contributed by atoms with van der Waals surface area (Å²) in [5, 5.41) is 17.8. The average Bonchev–Trinajstić information content (AvgIpc) is 3.51. The second-order valence-electron chi connectivity index (χ2n) is 7.35. The van der Waals surface area contributed by atoms with Gasteiger partial charge in [0.1, 0.15) is 22.9 Å². The highest BCUT2D eigenvalue weighted by atomic mass is 16.6. The van der Waals surface area contributed by atoms with Crippen molar-refractivity contribution >= 4 is 39.6 Å². The minimum absolute atomic E-state index is 0.0877. The molecule has 5 aromatic rings. The lowest BCUT2D eigenvalue weighted by Crippen LogP contribution is -2.16. The SMILES string of the molecule is COc1cc([N+](=O)[O-])ccc1-c1ccc(C=NNC(=O)c2cc3c(ccc4ccccc43)o2)o1. The number of methoxy groups -OCH3 is 1. The van der Waals surface area contributed by atoms with E-state index in [1.165, 1.54) is 25.5 Å². The number of fused-ring (bicyclic) bond motifs is 3. The number of nitrogens with zero attached hydrogens (tertiary/aromatic N) is 2. The Morgan fingerprint density at radius 3 is 2.71 bits per heavy atom. The van der Waals surface area contributed by atoms with Crippen LogP contribution in [0.4, 0.5) is 5.69 Å². The van der Waals surface area contributed by atoms with Gasteiger partial charge in [0.25, 0.3) is 5.69 Å². The lowest BCUT2D eigenvalue weighted by Gasteiger charge is -2.05. The standard InChI is InChI=1S/C25H17N3O6/c1-32-23-12-16(28(30)31)7-9-19(23)21-11-8-17(33-21)14-26-27-25(29)24-13-20-18-5-3-2-4-15(18)6-10-22(20)34-24/h2-14H,1H3,(H,27,29). The van der Waals surface area contributed by atoms with Gasteiger partial charge in [0.2, 0.25) is 0 Å². The summed E-state index contributed by atoms with van der Waals surface area (Å²) >= 11 is 0. The first-order chi connectivity index (χ1) is 16.5. The van der Waals surface area contributed by atoms with E-state index in [1.807, 2.05) is 36.4 Å². The summed E-state index contributed by atoms with van der Waals surface area (Å²) in [6, 6.07) is 20.9. The molecule has 0 saturated heterocycles. The molecule has 0 saturated carbocycles. The van der Waals surface area contributed by atoms with Crippen LogP contribution in [0.2, 0.25) is 0 Å². The number of ether oxygens (including phenoxy) is 1. The Labute approximate surface area is 192 Å². The number of hydrogen-bond acceptors (Lipinski definition) is 7. The number of carbonyl (C=O) groups excluding carboxylic acids is 1. The number of furan rings is 2. The van der Waals surface area contributed by atoms with Crippen molar-refractivity contribution in [1.29, 1.82) is 0 Å². The van der Waals surface area contributed by atoms with Gasteiger partial charge in [-0.3, -0.25) is 14.9 Å². The van der Waals surface area contributed by atoms with E-state index in [1.54, 1.807) is 24.3 Å². The van der Waals surface area contributed by atoms with E-state index in [2.05, 4.69) is 10.5 Å². The molecule has 1 N–H and O–H groups in total. The van der Waals surface area contributed by atoms with Crippen LogP contribution in [0.5, 0.6) is 5.75 Å². The molecule has 3 aromatic carbocycles. The molecule has 2 heterocycles. The summed E-state index contributed by atoms with van der Waals surface area (Å²) in [7, 11) is 1.42. The molecule has 9 nitrogen and oxygen atoms in total. The summed E-state index contributed by atoms with van der Waals surface area (Å²) in [6.07, 6.45) is 1.34. The number of benzene rings is 3. The summed E-state index contributed by atoms with van der Waals surface area (Å²) in [5.74, 6) is 0.743. The van der Waals surface area contributed by atoms with Crippen molar-refractivity contribution in [3.05, 3.63) is 94.4 Å². The first-order valence-corrected chi connectivity index (χ1v) is 10.2. The highest BCUT2D eigenvalue weighted by Crippen LogP contribution is 2.34. The fourth-order valence-corrected chi connectivity index (χ4v) is 3.68. The van der Waals surface area contributed by atoms with Gasteiger partial charge >= 0.3 is 5.91 Å². The van der Waals surface area contributed by atoms with Crippen LogP contribution >= 0.6 is 0 Å². The number of nitrogens with one attached hydrogen (secondary N) is 1. The maximum atomic E-state index is 12.5. The molecule has 0 spiro atoms. The van der Waals surface area contributed by atoms with E-state index in [-0.39, 0.29) is 11.4 Å². The van der Waals surface area contributed by atoms with Gasteiger partial charge < -0.3 is 13.6 Å². The molecule has 0 radical (unpaired) electrons. The van der Waals surface area contributed by atoms with Crippen LogP contribution in [0.3, 0.4) is 0 Å². The van der Waals surface area contributed by atoms with Crippen molar-refractivity contribution in [3.63, 3.8) is 0 Å². The molecule has 34 heavy (non-hydrogen) atoms. The van der Waals surface area contributed by atoms with Crippen LogP contribution in [-0.4, -0.2) is 24.2 Å². The number of amides is 1. The molecule has 0 atom stereocenters.